The van der Waals surface area contributed by atoms with Gasteiger partial charge in [0.1, 0.15) is 0 Å². The molecule has 0 aromatic heterocycles. The van der Waals surface area contributed by atoms with Gasteiger partial charge in [-0.25, -0.2) is 0 Å². The highest BCUT2D eigenvalue weighted by Crippen LogP contribution is 2.16. The topological polar surface area (TPSA) is 17.1 Å². The normalized spacial score (nSPS) is 16.9. The smallest absolute Gasteiger partial charge is 0.224 e. The van der Waals surface area contributed by atoms with Crippen molar-refractivity contribution in [2.45, 2.75) is 27.2 Å². The Morgan fingerprint density at radius 2 is 2.00 bits per heavy atom. The van der Waals surface area contributed by atoms with E-state index in [1.165, 1.54) is 0 Å². The van der Waals surface area contributed by atoms with Crippen LogP contribution in [0.2, 0.25) is 0 Å². The second-order valence-corrected chi connectivity index (χ2v) is 2.85. The standard InChI is InChI=1S/C7H13ClO/c1-4-5(2)6(3)7(8)9/h5-6H,4H2,1-3H3. The first-order valence-corrected chi connectivity index (χ1v) is 3.66. The van der Waals surface area contributed by atoms with Crippen LogP contribution in [0.25, 0.3) is 0 Å². The highest BCUT2D eigenvalue weighted by molar-refractivity contribution is 6.63. The molecule has 0 rings (SSSR count). The van der Waals surface area contributed by atoms with E-state index in [9.17, 15) is 4.79 Å². The molecule has 54 valence electrons. The Labute approximate surface area is 61.4 Å². The fourth-order valence-electron chi connectivity index (χ4n) is 0.577. The fourth-order valence-corrected chi connectivity index (χ4v) is 0.792. The molecule has 0 amide bonds. The molecule has 2 heteroatoms. The zero-order chi connectivity index (χ0) is 7.44. The molecule has 0 saturated heterocycles. The third-order valence-electron chi connectivity index (χ3n) is 1.86. The average Bonchev–Trinajstić information content (AvgIpc) is 1.84. The van der Waals surface area contributed by atoms with Crippen LogP contribution in [0, 0.1) is 11.8 Å². The SMILES string of the molecule is CCC(C)C(C)C(=O)Cl. The van der Waals surface area contributed by atoms with E-state index in [1.807, 2.05) is 13.8 Å². The van der Waals surface area contributed by atoms with Crippen LogP contribution in [0.1, 0.15) is 27.2 Å². The van der Waals surface area contributed by atoms with Gasteiger partial charge in [0.15, 0.2) is 0 Å². The fraction of sp³-hybridized carbons (Fsp3) is 0.857. The predicted molar refractivity (Wildman–Crippen MR) is 39.5 cm³/mol. The summed E-state index contributed by atoms with van der Waals surface area (Å²) in [5.74, 6) is 0.423. The van der Waals surface area contributed by atoms with Crippen LogP contribution in [0.4, 0.5) is 0 Å². The van der Waals surface area contributed by atoms with Gasteiger partial charge < -0.3 is 0 Å². The van der Waals surface area contributed by atoms with Crippen LogP contribution in [0.15, 0.2) is 0 Å². The Morgan fingerprint density at radius 1 is 1.56 bits per heavy atom. The summed E-state index contributed by atoms with van der Waals surface area (Å²) in [6.07, 6.45) is 1.01. The van der Waals surface area contributed by atoms with Gasteiger partial charge in [0.05, 0.1) is 0 Å². The molecule has 1 nitrogen and oxygen atoms in total. The maximum atomic E-state index is 10.5. The van der Waals surface area contributed by atoms with Gasteiger partial charge in [-0.2, -0.15) is 0 Å². The molecule has 0 aromatic carbocycles. The Bertz CT molecular complexity index is 101. The van der Waals surface area contributed by atoms with Gasteiger partial charge in [0, 0.05) is 5.92 Å². The quantitative estimate of drug-likeness (QED) is 0.562. The minimum absolute atomic E-state index is 0.0108. The average molecular weight is 149 g/mol. The summed E-state index contributed by atoms with van der Waals surface area (Å²) < 4.78 is 0. The van der Waals surface area contributed by atoms with Crippen molar-refractivity contribution >= 4 is 16.8 Å². The molecule has 0 aliphatic heterocycles. The van der Waals surface area contributed by atoms with E-state index in [1.54, 1.807) is 0 Å². The zero-order valence-electron chi connectivity index (χ0n) is 6.15. The first-order chi connectivity index (χ1) is 4.09. The van der Waals surface area contributed by atoms with Gasteiger partial charge in [-0.05, 0) is 17.5 Å². The molecular formula is C7H13ClO. The molecule has 0 fully saturated rings. The third-order valence-corrected chi connectivity index (χ3v) is 2.20. The van der Waals surface area contributed by atoms with Gasteiger partial charge in [0.2, 0.25) is 5.24 Å². The monoisotopic (exact) mass is 148 g/mol. The minimum atomic E-state index is -0.218. The van der Waals surface area contributed by atoms with Crippen molar-refractivity contribution in [1.29, 1.82) is 0 Å². The van der Waals surface area contributed by atoms with Gasteiger partial charge in [0.25, 0.3) is 0 Å². The highest BCUT2D eigenvalue weighted by Gasteiger charge is 2.15. The van der Waals surface area contributed by atoms with E-state index in [0.717, 1.165) is 6.42 Å². The van der Waals surface area contributed by atoms with Crippen molar-refractivity contribution in [3.05, 3.63) is 0 Å². The van der Waals surface area contributed by atoms with E-state index in [4.69, 9.17) is 11.6 Å². The highest BCUT2D eigenvalue weighted by atomic mass is 35.5. The number of carbonyl (C=O) groups excluding carboxylic acids is 1. The predicted octanol–water partition coefficient (Wildman–Crippen LogP) is 2.43. The molecule has 0 radical (unpaired) electrons. The Hall–Kier alpha value is -0.0400. The second kappa shape index (κ2) is 3.89. The van der Waals surface area contributed by atoms with Crippen molar-refractivity contribution in [3.8, 4) is 0 Å². The number of hydrogen-bond donors (Lipinski definition) is 0. The summed E-state index contributed by atoms with van der Waals surface area (Å²) in [4.78, 5) is 10.5. The molecule has 0 aromatic rings. The molecule has 2 atom stereocenters. The summed E-state index contributed by atoms with van der Waals surface area (Å²) in [6, 6.07) is 0. The van der Waals surface area contributed by atoms with Crippen molar-refractivity contribution in [2.75, 3.05) is 0 Å². The van der Waals surface area contributed by atoms with E-state index in [0.29, 0.717) is 5.92 Å². The molecule has 2 unspecified atom stereocenters. The summed E-state index contributed by atoms with van der Waals surface area (Å²) in [5, 5.41) is -0.218. The molecule has 0 heterocycles. The zero-order valence-corrected chi connectivity index (χ0v) is 6.90. The Morgan fingerprint density at radius 3 is 2.11 bits per heavy atom. The molecule has 0 saturated carbocycles. The van der Waals surface area contributed by atoms with Gasteiger partial charge in [-0.3, -0.25) is 4.79 Å². The van der Waals surface area contributed by atoms with Crippen LogP contribution in [-0.2, 0) is 4.79 Å². The largest absolute Gasteiger partial charge is 0.281 e. The summed E-state index contributed by atoms with van der Waals surface area (Å²) >= 11 is 5.26. The van der Waals surface area contributed by atoms with Crippen molar-refractivity contribution in [1.82, 2.24) is 0 Å². The van der Waals surface area contributed by atoms with Gasteiger partial charge in [-0.15, -0.1) is 0 Å². The van der Waals surface area contributed by atoms with Crippen LogP contribution in [-0.4, -0.2) is 5.24 Å². The van der Waals surface area contributed by atoms with Crippen LogP contribution < -0.4 is 0 Å². The lowest BCUT2D eigenvalue weighted by Crippen LogP contribution is -2.12. The van der Waals surface area contributed by atoms with E-state index >= 15 is 0 Å². The third kappa shape index (κ3) is 2.85. The summed E-state index contributed by atoms with van der Waals surface area (Å²) in [7, 11) is 0. The molecular weight excluding hydrogens is 136 g/mol. The molecule has 0 bridgehead atoms. The maximum Gasteiger partial charge on any atom is 0.224 e. The number of halogens is 1. The summed E-state index contributed by atoms with van der Waals surface area (Å²) in [6.45, 7) is 5.95. The maximum absolute atomic E-state index is 10.5. The lowest BCUT2D eigenvalue weighted by Gasteiger charge is -2.12. The van der Waals surface area contributed by atoms with Gasteiger partial charge in [-0.1, -0.05) is 27.2 Å². The minimum Gasteiger partial charge on any atom is -0.281 e. The molecule has 0 aliphatic carbocycles. The van der Waals surface area contributed by atoms with Crippen molar-refractivity contribution < 1.29 is 4.79 Å². The van der Waals surface area contributed by atoms with Gasteiger partial charge >= 0.3 is 0 Å². The lowest BCUT2D eigenvalue weighted by molar-refractivity contribution is -0.115. The Kier molecular flexibility index (Phi) is 3.87. The van der Waals surface area contributed by atoms with Crippen molar-refractivity contribution in [2.24, 2.45) is 11.8 Å². The van der Waals surface area contributed by atoms with E-state index in [-0.39, 0.29) is 11.2 Å². The first-order valence-electron chi connectivity index (χ1n) is 3.29. The number of hydrogen-bond acceptors (Lipinski definition) is 1. The van der Waals surface area contributed by atoms with Crippen LogP contribution in [0.5, 0.6) is 0 Å². The van der Waals surface area contributed by atoms with Crippen LogP contribution >= 0.6 is 11.6 Å². The van der Waals surface area contributed by atoms with Crippen molar-refractivity contribution in [3.63, 3.8) is 0 Å². The summed E-state index contributed by atoms with van der Waals surface area (Å²) in [5.41, 5.74) is 0. The number of carbonyl (C=O) groups is 1. The second-order valence-electron chi connectivity index (χ2n) is 2.48. The lowest BCUT2D eigenvalue weighted by atomic mass is 9.95. The van der Waals surface area contributed by atoms with E-state index < -0.39 is 0 Å². The molecule has 0 aliphatic rings. The first kappa shape index (κ1) is 8.96. The molecule has 9 heavy (non-hydrogen) atoms. The molecule has 0 N–H and O–H groups in total. The Balaban J connectivity index is 3.72. The van der Waals surface area contributed by atoms with Crippen LogP contribution in [0.3, 0.4) is 0 Å². The number of rotatable bonds is 3. The molecule has 0 spiro atoms. The van der Waals surface area contributed by atoms with E-state index in [2.05, 4.69) is 6.92 Å².